The molecule has 102 valence electrons. The minimum absolute atomic E-state index is 0.0719. The maximum Gasteiger partial charge on any atom is 0.335 e. The second kappa shape index (κ2) is 6.19. The smallest absolute Gasteiger partial charge is 0.335 e. The van der Waals surface area contributed by atoms with Gasteiger partial charge in [-0.2, -0.15) is 0 Å². The normalized spacial score (nSPS) is 18.1. The molecule has 0 bridgehead atoms. The summed E-state index contributed by atoms with van der Waals surface area (Å²) in [5.41, 5.74) is 0.237. The average Bonchev–Trinajstić information content (AvgIpc) is 2.81. The third-order valence-corrected chi connectivity index (χ3v) is 2.88. The van der Waals surface area contributed by atoms with Crippen LogP contribution in [0.25, 0.3) is 0 Å². The van der Waals surface area contributed by atoms with Gasteiger partial charge in [-0.25, -0.2) is 4.79 Å². The van der Waals surface area contributed by atoms with Gasteiger partial charge >= 0.3 is 5.97 Å². The lowest BCUT2D eigenvalue weighted by Gasteiger charge is -2.11. The van der Waals surface area contributed by atoms with Gasteiger partial charge in [0.1, 0.15) is 12.4 Å². The zero-order chi connectivity index (χ0) is 13.7. The summed E-state index contributed by atoms with van der Waals surface area (Å²) in [6, 6.07) is 6.44. The predicted octanol–water partition coefficient (Wildman–Crippen LogP) is 0.242. The molecule has 6 nitrogen and oxygen atoms in total. The first kappa shape index (κ1) is 13.4. The number of aromatic carboxylic acids is 1. The summed E-state index contributed by atoms with van der Waals surface area (Å²) in [5, 5.41) is 14.7. The standard InChI is InChI=1S/C13H16N2O4/c16-12-7-10(8-15-12)14-5-6-19-11-3-1-9(2-4-11)13(17)18/h1-4,10,14H,5-8H2,(H,15,16)(H,17,18). The Hall–Kier alpha value is -2.08. The molecule has 1 fully saturated rings. The number of benzene rings is 1. The molecule has 1 aliphatic rings. The van der Waals surface area contributed by atoms with Crippen LogP contribution < -0.4 is 15.4 Å². The molecule has 0 aliphatic carbocycles. The van der Waals surface area contributed by atoms with Crippen molar-refractivity contribution >= 4 is 11.9 Å². The molecule has 2 rings (SSSR count). The Kier molecular flexibility index (Phi) is 4.35. The van der Waals surface area contributed by atoms with Crippen molar-refractivity contribution in [3.8, 4) is 5.75 Å². The summed E-state index contributed by atoms with van der Waals surface area (Å²) >= 11 is 0. The Morgan fingerprint density at radius 3 is 2.74 bits per heavy atom. The SMILES string of the molecule is O=C1CC(NCCOc2ccc(C(=O)O)cc2)CN1. The molecule has 0 saturated carbocycles. The number of hydrogen-bond acceptors (Lipinski definition) is 4. The van der Waals surface area contributed by atoms with Crippen LogP contribution in [-0.2, 0) is 4.79 Å². The van der Waals surface area contributed by atoms with Crippen molar-refractivity contribution in [3.05, 3.63) is 29.8 Å². The number of nitrogens with one attached hydrogen (secondary N) is 2. The summed E-state index contributed by atoms with van der Waals surface area (Å²) in [5.74, 6) is -0.248. The number of amides is 1. The quantitative estimate of drug-likeness (QED) is 0.641. The first-order valence-corrected chi connectivity index (χ1v) is 6.11. The average molecular weight is 264 g/mol. The van der Waals surface area contributed by atoms with Gasteiger partial charge in [0.05, 0.1) is 5.56 Å². The van der Waals surface area contributed by atoms with E-state index in [1.807, 2.05) is 0 Å². The molecule has 0 radical (unpaired) electrons. The van der Waals surface area contributed by atoms with Crippen LogP contribution in [0.4, 0.5) is 0 Å². The van der Waals surface area contributed by atoms with Gasteiger partial charge in [-0.05, 0) is 24.3 Å². The third-order valence-electron chi connectivity index (χ3n) is 2.88. The molecule has 1 amide bonds. The highest BCUT2D eigenvalue weighted by molar-refractivity contribution is 5.87. The fourth-order valence-electron chi connectivity index (χ4n) is 1.88. The predicted molar refractivity (Wildman–Crippen MR) is 68.3 cm³/mol. The number of rotatable bonds is 6. The Morgan fingerprint density at radius 2 is 2.16 bits per heavy atom. The van der Waals surface area contributed by atoms with E-state index >= 15 is 0 Å². The highest BCUT2D eigenvalue weighted by atomic mass is 16.5. The largest absolute Gasteiger partial charge is 0.492 e. The van der Waals surface area contributed by atoms with Crippen LogP contribution in [0.1, 0.15) is 16.8 Å². The van der Waals surface area contributed by atoms with E-state index in [9.17, 15) is 9.59 Å². The van der Waals surface area contributed by atoms with Crippen LogP contribution in [0, 0.1) is 0 Å². The van der Waals surface area contributed by atoms with Crippen molar-refractivity contribution in [3.63, 3.8) is 0 Å². The second-order valence-corrected chi connectivity index (χ2v) is 4.34. The first-order valence-electron chi connectivity index (χ1n) is 6.11. The topological polar surface area (TPSA) is 87.7 Å². The number of carboxylic acid groups (broad SMARTS) is 1. The van der Waals surface area contributed by atoms with Crippen molar-refractivity contribution in [2.45, 2.75) is 12.5 Å². The highest BCUT2D eigenvalue weighted by Gasteiger charge is 2.20. The van der Waals surface area contributed by atoms with Crippen LogP contribution in [0.3, 0.4) is 0 Å². The van der Waals surface area contributed by atoms with Crippen molar-refractivity contribution in [2.75, 3.05) is 19.7 Å². The van der Waals surface area contributed by atoms with Gasteiger partial charge in [0.15, 0.2) is 0 Å². The molecule has 1 atom stereocenters. The van der Waals surface area contributed by atoms with Crippen molar-refractivity contribution < 1.29 is 19.4 Å². The minimum atomic E-state index is -0.952. The van der Waals surface area contributed by atoms with Gasteiger partial charge < -0.3 is 20.5 Å². The van der Waals surface area contributed by atoms with Gasteiger partial charge in [0.2, 0.25) is 5.91 Å². The zero-order valence-electron chi connectivity index (χ0n) is 10.4. The van der Waals surface area contributed by atoms with Crippen molar-refractivity contribution in [1.82, 2.24) is 10.6 Å². The summed E-state index contributed by atoms with van der Waals surface area (Å²) in [4.78, 5) is 21.6. The maximum atomic E-state index is 11.0. The second-order valence-electron chi connectivity index (χ2n) is 4.34. The molecule has 19 heavy (non-hydrogen) atoms. The van der Waals surface area contributed by atoms with E-state index in [0.29, 0.717) is 31.9 Å². The van der Waals surface area contributed by atoms with Gasteiger partial charge in [0, 0.05) is 25.6 Å². The Labute approximate surface area is 110 Å². The zero-order valence-corrected chi connectivity index (χ0v) is 10.4. The van der Waals surface area contributed by atoms with E-state index in [0.717, 1.165) is 0 Å². The van der Waals surface area contributed by atoms with Gasteiger partial charge in [-0.15, -0.1) is 0 Å². The molecule has 0 spiro atoms. The molecular weight excluding hydrogens is 248 g/mol. The van der Waals surface area contributed by atoms with Gasteiger partial charge in [0.25, 0.3) is 0 Å². The number of carboxylic acids is 1. The lowest BCUT2D eigenvalue weighted by Crippen LogP contribution is -2.34. The maximum absolute atomic E-state index is 11.0. The van der Waals surface area contributed by atoms with Crippen molar-refractivity contribution in [2.24, 2.45) is 0 Å². The van der Waals surface area contributed by atoms with Gasteiger partial charge in [-0.3, -0.25) is 4.79 Å². The van der Waals surface area contributed by atoms with E-state index in [1.54, 1.807) is 12.1 Å². The molecular formula is C13H16N2O4. The molecule has 1 saturated heterocycles. The third kappa shape index (κ3) is 3.96. The molecule has 1 aliphatic heterocycles. The molecule has 0 aromatic heterocycles. The molecule has 6 heteroatoms. The Balaban J connectivity index is 1.68. The van der Waals surface area contributed by atoms with Crippen LogP contribution in [0.5, 0.6) is 5.75 Å². The number of hydrogen-bond donors (Lipinski definition) is 3. The molecule has 1 aromatic rings. The van der Waals surface area contributed by atoms with Gasteiger partial charge in [-0.1, -0.05) is 0 Å². The number of carbonyl (C=O) groups is 2. The van der Waals surface area contributed by atoms with Crippen LogP contribution in [-0.4, -0.2) is 42.7 Å². The number of carbonyl (C=O) groups excluding carboxylic acids is 1. The molecule has 3 N–H and O–H groups in total. The molecule has 1 unspecified atom stereocenters. The Bertz CT molecular complexity index is 458. The number of ether oxygens (including phenoxy) is 1. The summed E-state index contributed by atoms with van der Waals surface area (Å²) in [6.45, 7) is 1.77. The minimum Gasteiger partial charge on any atom is -0.492 e. The van der Waals surface area contributed by atoms with E-state index in [4.69, 9.17) is 9.84 Å². The lowest BCUT2D eigenvalue weighted by molar-refractivity contribution is -0.119. The highest BCUT2D eigenvalue weighted by Crippen LogP contribution is 2.11. The van der Waals surface area contributed by atoms with E-state index < -0.39 is 5.97 Å². The fraction of sp³-hybridized carbons (Fsp3) is 0.385. The molecule has 1 aromatic carbocycles. The Morgan fingerprint density at radius 1 is 1.42 bits per heavy atom. The summed E-state index contributed by atoms with van der Waals surface area (Å²) in [6.07, 6.45) is 0.507. The van der Waals surface area contributed by atoms with Crippen LogP contribution in [0.2, 0.25) is 0 Å². The molecule has 1 heterocycles. The monoisotopic (exact) mass is 264 g/mol. The summed E-state index contributed by atoms with van der Waals surface area (Å²) < 4.78 is 5.47. The van der Waals surface area contributed by atoms with Crippen molar-refractivity contribution in [1.29, 1.82) is 0 Å². The first-order chi connectivity index (χ1) is 9.15. The van der Waals surface area contributed by atoms with Crippen LogP contribution >= 0.6 is 0 Å². The summed E-state index contributed by atoms with van der Waals surface area (Å²) in [7, 11) is 0. The van der Waals surface area contributed by atoms with Crippen LogP contribution in [0.15, 0.2) is 24.3 Å². The van der Waals surface area contributed by atoms with E-state index in [1.165, 1.54) is 12.1 Å². The van der Waals surface area contributed by atoms with E-state index in [-0.39, 0.29) is 17.5 Å². The fourth-order valence-corrected chi connectivity index (χ4v) is 1.88. The van der Waals surface area contributed by atoms with E-state index in [2.05, 4.69) is 10.6 Å². The lowest BCUT2D eigenvalue weighted by atomic mass is 10.2.